The van der Waals surface area contributed by atoms with Crippen LogP contribution >= 0.6 is 0 Å². The first-order chi connectivity index (χ1) is 10.4. The van der Waals surface area contributed by atoms with E-state index in [1.165, 1.54) is 0 Å². The average Bonchev–Trinajstić information content (AvgIpc) is 2.41. The topological polar surface area (TPSA) is 67.8 Å². The maximum atomic E-state index is 11.4. The number of phenolic OH excluding ortho intramolecular Hbond substituents is 1. The Morgan fingerprint density at radius 2 is 1.82 bits per heavy atom. The van der Waals surface area contributed by atoms with E-state index in [-0.39, 0.29) is 11.8 Å². The van der Waals surface area contributed by atoms with E-state index < -0.39 is 5.60 Å². The van der Waals surface area contributed by atoms with Crippen molar-refractivity contribution in [2.75, 3.05) is 13.2 Å². The van der Waals surface area contributed by atoms with Crippen molar-refractivity contribution in [1.82, 2.24) is 5.32 Å². The summed E-state index contributed by atoms with van der Waals surface area (Å²) in [7, 11) is 0. The van der Waals surface area contributed by atoms with Gasteiger partial charge in [-0.3, -0.25) is 0 Å². The van der Waals surface area contributed by atoms with Gasteiger partial charge in [-0.2, -0.15) is 0 Å². The Kier molecular flexibility index (Phi) is 7.57. The number of ether oxygens (including phenoxy) is 2. The molecule has 2 N–H and O–H groups in total. The number of hydrogen-bond donors (Lipinski definition) is 2. The minimum absolute atomic E-state index is 0.170. The fraction of sp³-hybridized carbons (Fsp3) is 0.588. The predicted molar refractivity (Wildman–Crippen MR) is 86.3 cm³/mol. The molecule has 0 aliphatic heterocycles. The number of carbonyl (C=O) groups excluding carboxylic acids is 1. The Labute approximate surface area is 132 Å². The van der Waals surface area contributed by atoms with Gasteiger partial charge in [-0.1, -0.05) is 25.0 Å². The molecule has 0 fully saturated rings. The molecule has 0 aromatic heterocycles. The van der Waals surface area contributed by atoms with Gasteiger partial charge in [0.15, 0.2) is 11.5 Å². The molecule has 0 atom stereocenters. The van der Waals surface area contributed by atoms with Crippen LogP contribution in [0.3, 0.4) is 0 Å². The van der Waals surface area contributed by atoms with Gasteiger partial charge < -0.3 is 19.9 Å². The summed E-state index contributed by atoms with van der Waals surface area (Å²) in [6.45, 7) is 6.73. The molecule has 0 bridgehead atoms. The molecule has 0 aliphatic rings. The minimum Gasteiger partial charge on any atom is -0.504 e. The summed E-state index contributed by atoms with van der Waals surface area (Å²) in [5.41, 5.74) is -0.454. The predicted octanol–water partition coefficient (Wildman–Crippen LogP) is 3.86. The number of hydrogen-bond acceptors (Lipinski definition) is 4. The lowest BCUT2D eigenvalue weighted by Crippen LogP contribution is -2.32. The van der Waals surface area contributed by atoms with Crippen LogP contribution in [0.2, 0.25) is 0 Å². The lowest BCUT2D eigenvalue weighted by atomic mass is 10.2. The van der Waals surface area contributed by atoms with E-state index >= 15 is 0 Å². The zero-order valence-corrected chi connectivity index (χ0v) is 13.7. The van der Waals surface area contributed by atoms with E-state index in [9.17, 15) is 9.90 Å². The van der Waals surface area contributed by atoms with Crippen molar-refractivity contribution in [2.24, 2.45) is 0 Å². The molecule has 0 spiro atoms. The molecule has 5 heteroatoms. The molecular formula is C17H27NO4. The number of amides is 1. The number of unbranched alkanes of at least 4 members (excludes halogenated alkanes) is 3. The van der Waals surface area contributed by atoms with Crippen LogP contribution in [-0.2, 0) is 4.74 Å². The number of alkyl carbamates (subject to hydrolysis) is 1. The molecule has 124 valence electrons. The van der Waals surface area contributed by atoms with Crippen LogP contribution in [0, 0.1) is 0 Å². The van der Waals surface area contributed by atoms with E-state index in [1.807, 2.05) is 26.8 Å². The molecule has 0 saturated carbocycles. The summed E-state index contributed by atoms with van der Waals surface area (Å²) in [5, 5.41) is 12.3. The van der Waals surface area contributed by atoms with Crippen molar-refractivity contribution in [2.45, 2.75) is 52.1 Å². The Morgan fingerprint density at radius 3 is 2.50 bits per heavy atom. The highest BCUT2D eigenvalue weighted by Gasteiger charge is 2.15. The smallest absolute Gasteiger partial charge is 0.407 e. The lowest BCUT2D eigenvalue weighted by Gasteiger charge is -2.19. The Morgan fingerprint density at radius 1 is 1.14 bits per heavy atom. The number of benzene rings is 1. The summed E-state index contributed by atoms with van der Waals surface area (Å²) in [6.07, 6.45) is 3.50. The summed E-state index contributed by atoms with van der Waals surface area (Å²) in [4.78, 5) is 11.4. The summed E-state index contributed by atoms with van der Waals surface area (Å²) in [5.74, 6) is 0.693. The van der Waals surface area contributed by atoms with Gasteiger partial charge in [0.2, 0.25) is 0 Å². The van der Waals surface area contributed by atoms with E-state index in [0.29, 0.717) is 18.9 Å². The highest BCUT2D eigenvalue weighted by Crippen LogP contribution is 2.24. The minimum atomic E-state index is -0.454. The summed E-state index contributed by atoms with van der Waals surface area (Å²) >= 11 is 0. The molecule has 0 aliphatic carbocycles. The van der Waals surface area contributed by atoms with Crippen LogP contribution < -0.4 is 10.1 Å². The molecule has 5 nitrogen and oxygen atoms in total. The van der Waals surface area contributed by atoms with Gasteiger partial charge in [0.25, 0.3) is 0 Å². The molecule has 22 heavy (non-hydrogen) atoms. The first-order valence-corrected chi connectivity index (χ1v) is 7.76. The van der Waals surface area contributed by atoms with Crippen LogP contribution in [0.25, 0.3) is 0 Å². The van der Waals surface area contributed by atoms with Crippen molar-refractivity contribution >= 4 is 6.09 Å². The molecule has 0 radical (unpaired) electrons. The summed E-state index contributed by atoms with van der Waals surface area (Å²) in [6, 6.07) is 6.95. The number of carbonyl (C=O) groups is 1. The number of para-hydroxylation sites is 2. The molecule has 0 heterocycles. The quantitative estimate of drug-likeness (QED) is 0.716. The number of nitrogens with one attached hydrogen (secondary N) is 1. The Balaban J connectivity index is 1.98. The highest BCUT2D eigenvalue weighted by atomic mass is 16.6. The fourth-order valence-electron chi connectivity index (χ4n) is 1.85. The van der Waals surface area contributed by atoms with E-state index in [2.05, 4.69) is 5.32 Å². The Bertz CT molecular complexity index is 454. The molecule has 0 saturated heterocycles. The molecule has 1 amide bonds. The van der Waals surface area contributed by atoms with Crippen LogP contribution in [0.1, 0.15) is 46.5 Å². The molecule has 1 aromatic rings. The van der Waals surface area contributed by atoms with Gasteiger partial charge in [0, 0.05) is 6.54 Å². The SMILES string of the molecule is CC(C)(C)OC(=O)NCCCCCCOc1ccccc1O. The maximum absolute atomic E-state index is 11.4. The number of aromatic hydroxyl groups is 1. The lowest BCUT2D eigenvalue weighted by molar-refractivity contribution is 0.0527. The first kappa shape index (κ1) is 18.1. The first-order valence-electron chi connectivity index (χ1n) is 7.76. The van der Waals surface area contributed by atoms with E-state index in [1.54, 1.807) is 18.2 Å². The van der Waals surface area contributed by atoms with E-state index in [0.717, 1.165) is 25.7 Å². The zero-order valence-electron chi connectivity index (χ0n) is 13.7. The largest absolute Gasteiger partial charge is 0.504 e. The third-order valence-electron chi connectivity index (χ3n) is 2.86. The number of phenols is 1. The van der Waals surface area contributed by atoms with Crippen molar-refractivity contribution in [3.8, 4) is 11.5 Å². The summed E-state index contributed by atoms with van der Waals surface area (Å²) < 4.78 is 10.6. The standard InChI is InChI=1S/C17H27NO4/c1-17(2,3)22-16(20)18-12-8-4-5-9-13-21-15-11-7-6-10-14(15)19/h6-7,10-11,19H,4-5,8-9,12-13H2,1-3H3,(H,18,20). The van der Waals surface area contributed by atoms with Crippen molar-refractivity contribution < 1.29 is 19.4 Å². The van der Waals surface area contributed by atoms with Crippen LogP contribution in [0.5, 0.6) is 11.5 Å². The highest BCUT2D eigenvalue weighted by molar-refractivity contribution is 5.67. The zero-order chi connectivity index (χ0) is 16.4. The van der Waals surface area contributed by atoms with Crippen molar-refractivity contribution in [3.05, 3.63) is 24.3 Å². The monoisotopic (exact) mass is 309 g/mol. The van der Waals surface area contributed by atoms with E-state index in [4.69, 9.17) is 9.47 Å². The number of rotatable bonds is 8. The van der Waals surface area contributed by atoms with Gasteiger partial charge in [-0.25, -0.2) is 4.79 Å². The van der Waals surface area contributed by atoms with Crippen molar-refractivity contribution in [1.29, 1.82) is 0 Å². The van der Waals surface area contributed by atoms with Crippen molar-refractivity contribution in [3.63, 3.8) is 0 Å². The normalized spacial score (nSPS) is 11.0. The van der Waals surface area contributed by atoms with Gasteiger partial charge in [-0.05, 0) is 45.7 Å². The average molecular weight is 309 g/mol. The van der Waals surface area contributed by atoms with Gasteiger partial charge in [0.1, 0.15) is 5.60 Å². The Hall–Kier alpha value is -1.91. The maximum Gasteiger partial charge on any atom is 0.407 e. The van der Waals surface area contributed by atoms with Crippen LogP contribution in [-0.4, -0.2) is 30.0 Å². The van der Waals surface area contributed by atoms with Gasteiger partial charge >= 0.3 is 6.09 Å². The molecule has 1 aromatic carbocycles. The van der Waals surface area contributed by atoms with Gasteiger partial charge in [0.05, 0.1) is 6.61 Å². The fourth-order valence-corrected chi connectivity index (χ4v) is 1.85. The van der Waals surface area contributed by atoms with Gasteiger partial charge in [-0.15, -0.1) is 0 Å². The molecule has 0 unspecified atom stereocenters. The second-order valence-electron chi connectivity index (χ2n) is 6.16. The van der Waals surface area contributed by atoms with Crippen LogP contribution in [0.15, 0.2) is 24.3 Å². The molecular weight excluding hydrogens is 282 g/mol. The second-order valence-corrected chi connectivity index (χ2v) is 6.16. The van der Waals surface area contributed by atoms with Crippen LogP contribution in [0.4, 0.5) is 4.79 Å². The molecule has 1 rings (SSSR count). The second kappa shape index (κ2) is 9.18. The third-order valence-corrected chi connectivity index (χ3v) is 2.86. The third kappa shape index (κ3) is 8.39.